The van der Waals surface area contributed by atoms with Crippen LogP contribution in [0.1, 0.15) is 5.56 Å². The molecular formula is C15H13BrNO4-. The Kier molecular flexibility index (Phi) is 3.82. The highest BCUT2D eigenvalue weighted by molar-refractivity contribution is 9.10. The lowest BCUT2D eigenvalue weighted by atomic mass is 9.82. The Bertz CT molecular complexity index is 615. The molecule has 110 valence electrons. The predicted molar refractivity (Wildman–Crippen MR) is 75.8 cm³/mol. The number of nitrogens with one attached hydrogen (secondary N) is 1. The molecule has 2 bridgehead atoms. The van der Waals surface area contributed by atoms with Crippen LogP contribution in [0.25, 0.3) is 0 Å². The van der Waals surface area contributed by atoms with Crippen molar-refractivity contribution in [3.05, 3.63) is 46.5 Å². The lowest BCUT2D eigenvalue weighted by molar-refractivity contribution is -0.313. The Morgan fingerprint density at radius 3 is 2.52 bits per heavy atom. The van der Waals surface area contributed by atoms with Gasteiger partial charge in [-0.05, 0) is 11.6 Å². The van der Waals surface area contributed by atoms with E-state index in [1.807, 2.05) is 24.3 Å². The second-order valence-electron chi connectivity index (χ2n) is 5.13. The molecule has 0 radical (unpaired) electrons. The van der Waals surface area contributed by atoms with E-state index in [2.05, 4.69) is 21.2 Å². The van der Waals surface area contributed by atoms with Crippen LogP contribution >= 0.6 is 15.9 Å². The first-order valence-corrected chi connectivity index (χ1v) is 7.43. The van der Waals surface area contributed by atoms with Gasteiger partial charge in [0.15, 0.2) is 0 Å². The number of halogens is 1. The van der Waals surface area contributed by atoms with Gasteiger partial charge in [0, 0.05) is 22.9 Å². The molecule has 1 fully saturated rings. The minimum absolute atomic E-state index is 0.322. The minimum Gasteiger partial charge on any atom is -0.550 e. The van der Waals surface area contributed by atoms with Crippen molar-refractivity contribution in [3.8, 4) is 0 Å². The van der Waals surface area contributed by atoms with Gasteiger partial charge in [-0.15, -0.1) is 0 Å². The maximum Gasteiger partial charge on any atom is 0.227 e. The Balaban J connectivity index is 1.69. The number of rotatable bonds is 4. The molecule has 5 nitrogen and oxygen atoms in total. The van der Waals surface area contributed by atoms with Gasteiger partial charge in [-0.3, -0.25) is 4.79 Å². The standard InChI is InChI=1S/C15H14BrNO4/c16-9-4-2-1-3-8(9)7-17-14(18)12-10-5-6-11(21-10)13(12)15(19)20/h1-6,10-13H,7H2,(H,17,18)(H,19,20)/p-1/t10-,11+,12-,13-/m0/s1. The average molecular weight is 351 g/mol. The van der Waals surface area contributed by atoms with Gasteiger partial charge >= 0.3 is 0 Å². The summed E-state index contributed by atoms with van der Waals surface area (Å²) in [5.74, 6) is -3.21. The molecule has 0 aliphatic carbocycles. The summed E-state index contributed by atoms with van der Waals surface area (Å²) in [7, 11) is 0. The van der Waals surface area contributed by atoms with E-state index in [9.17, 15) is 14.7 Å². The number of fused-ring (bicyclic) bond motifs is 2. The number of carboxylic acids is 1. The summed E-state index contributed by atoms with van der Waals surface area (Å²) in [6.45, 7) is 0.331. The third-order valence-corrected chi connectivity index (χ3v) is 4.66. The lowest BCUT2D eigenvalue weighted by Crippen LogP contribution is -2.46. The van der Waals surface area contributed by atoms with Crippen LogP contribution in [-0.2, 0) is 20.9 Å². The van der Waals surface area contributed by atoms with Gasteiger partial charge in [0.1, 0.15) is 0 Å². The molecule has 6 heteroatoms. The van der Waals surface area contributed by atoms with Crippen molar-refractivity contribution in [1.29, 1.82) is 0 Å². The summed E-state index contributed by atoms with van der Waals surface area (Å²) in [4.78, 5) is 23.5. The summed E-state index contributed by atoms with van der Waals surface area (Å²) in [5, 5.41) is 14.0. The number of amides is 1. The monoisotopic (exact) mass is 350 g/mol. The lowest BCUT2D eigenvalue weighted by Gasteiger charge is -2.25. The van der Waals surface area contributed by atoms with Crippen LogP contribution in [0.5, 0.6) is 0 Å². The highest BCUT2D eigenvalue weighted by atomic mass is 79.9. The maximum atomic E-state index is 12.3. The van der Waals surface area contributed by atoms with E-state index >= 15 is 0 Å². The molecule has 1 amide bonds. The second kappa shape index (κ2) is 5.61. The fourth-order valence-corrected chi connectivity index (χ4v) is 3.27. The van der Waals surface area contributed by atoms with Gasteiger partial charge < -0.3 is 20.0 Å². The van der Waals surface area contributed by atoms with Crippen LogP contribution in [0, 0.1) is 11.8 Å². The molecule has 1 aromatic carbocycles. The third-order valence-electron chi connectivity index (χ3n) is 3.89. The summed E-state index contributed by atoms with van der Waals surface area (Å²) < 4.78 is 6.35. The Morgan fingerprint density at radius 1 is 1.19 bits per heavy atom. The zero-order chi connectivity index (χ0) is 15.0. The van der Waals surface area contributed by atoms with Crippen LogP contribution in [0.2, 0.25) is 0 Å². The highest BCUT2D eigenvalue weighted by Crippen LogP contribution is 2.38. The first kappa shape index (κ1) is 14.3. The fourth-order valence-electron chi connectivity index (χ4n) is 2.84. The van der Waals surface area contributed by atoms with Crippen LogP contribution in [0.15, 0.2) is 40.9 Å². The SMILES string of the molecule is O=C(NCc1ccccc1Br)[C@@H]1[C@@H](C(=O)[O-])[C@H]2C=C[C@@H]1O2. The number of hydrogen-bond acceptors (Lipinski definition) is 4. The van der Waals surface area contributed by atoms with Crippen LogP contribution < -0.4 is 10.4 Å². The zero-order valence-electron chi connectivity index (χ0n) is 11.0. The van der Waals surface area contributed by atoms with Crippen molar-refractivity contribution < 1.29 is 19.4 Å². The molecule has 1 saturated heterocycles. The van der Waals surface area contributed by atoms with E-state index in [0.29, 0.717) is 6.54 Å². The maximum absolute atomic E-state index is 12.3. The van der Waals surface area contributed by atoms with E-state index in [0.717, 1.165) is 10.0 Å². The molecule has 0 saturated carbocycles. The van der Waals surface area contributed by atoms with E-state index in [4.69, 9.17) is 4.74 Å². The molecular weight excluding hydrogens is 338 g/mol. The number of carbonyl (C=O) groups is 2. The number of aliphatic carboxylic acids is 1. The number of benzene rings is 1. The first-order valence-electron chi connectivity index (χ1n) is 6.63. The summed E-state index contributed by atoms with van der Waals surface area (Å²) in [6, 6.07) is 7.53. The van der Waals surface area contributed by atoms with Crippen LogP contribution in [-0.4, -0.2) is 24.1 Å². The predicted octanol–water partition coefficient (Wildman–Crippen LogP) is 0.385. The molecule has 4 atom stereocenters. The van der Waals surface area contributed by atoms with Gasteiger partial charge in [-0.2, -0.15) is 0 Å². The van der Waals surface area contributed by atoms with Crippen molar-refractivity contribution in [1.82, 2.24) is 5.32 Å². The summed E-state index contributed by atoms with van der Waals surface area (Å²) in [6.07, 6.45) is 2.39. The van der Waals surface area contributed by atoms with Gasteiger partial charge in [-0.1, -0.05) is 46.3 Å². The third kappa shape index (κ3) is 2.61. The van der Waals surface area contributed by atoms with Gasteiger partial charge in [0.05, 0.1) is 18.1 Å². The smallest absolute Gasteiger partial charge is 0.227 e. The van der Waals surface area contributed by atoms with Gasteiger partial charge in [0.2, 0.25) is 5.91 Å². The van der Waals surface area contributed by atoms with Crippen LogP contribution in [0.4, 0.5) is 0 Å². The molecule has 2 aliphatic rings. The van der Waals surface area contributed by atoms with E-state index < -0.39 is 30.0 Å². The number of carbonyl (C=O) groups excluding carboxylic acids is 2. The second-order valence-corrected chi connectivity index (χ2v) is 5.98. The number of carboxylic acid groups (broad SMARTS) is 1. The molecule has 2 aliphatic heterocycles. The molecule has 1 N–H and O–H groups in total. The van der Waals surface area contributed by atoms with Crippen molar-refractivity contribution in [3.63, 3.8) is 0 Å². The quantitative estimate of drug-likeness (QED) is 0.796. The molecule has 21 heavy (non-hydrogen) atoms. The van der Waals surface area contributed by atoms with Gasteiger partial charge in [-0.25, -0.2) is 0 Å². The molecule has 1 aromatic rings. The van der Waals surface area contributed by atoms with Crippen molar-refractivity contribution in [2.24, 2.45) is 11.8 Å². The Labute approximate surface area is 130 Å². The Morgan fingerprint density at radius 2 is 1.86 bits per heavy atom. The molecule has 3 rings (SSSR count). The van der Waals surface area contributed by atoms with Crippen molar-refractivity contribution in [2.45, 2.75) is 18.8 Å². The van der Waals surface area contributed by atoms with E-state index in [1.54, 1.807) is 12.2 Å². The molecule has 0 aromatic heterocycles. The molecule has 0 unspecified atom stereocenters. The van der Waals surface area contributed by atoms with E-state index in [-0.39, 0.29) is 5.91 Å². The van der Waals surface area contributed by atoms with Crippen molar-refractivity contribution in [2.75, 3.05) is 0 Å². The topological polar surface area (TPSA) is 78.5 Å². The largest absolute Gasteiger partial charge is 0.550 e. The average Bonchev–Trinajstić information content (AvgIpc) is 3.06. The summed E-state index contributed by atoms with van der Waals surface area (Å²) >= 11 is 3.41. The highest BCUT2D eigenvalue weighted by Gasteiger charge is 2.50. The number of hydrogen-bond donors (Lipinski definition) is 1. The summed E-state index contributed by atoms with van der Waals surface area (Å²) in [5.41, 5.74) is 0.926. The fraction of sp³-hybridized carbons (Fsp3) is 0.333. The van der Waals surface area contributed by atoms with E-state index in [1.165, 1.54) is 0 Å². The zero-order valence-corrected chi connectivity index (χ0v) is 12.6. The number of ether oxygens (including phenoxy) is 1. The van der Waals surface area contributed by atoms with Crippen LogP contribution in [0.3, 0.4) is 0 Å². The van der Waals surface area contributed by atoms with Crippen molar-refractivity contribution >= 4 is 27.8 Å². The normalized spacial score (nSPS) is 29.6. The molecule has 2 heterocycles. The first-order chi connectivity index (χ1) is 10.1. The minimum atomic E-state index is -1.24. The van der Waals surface area contributed by atoms with Gasteiger partial charge in [0.25, 0.3) is 0 Å². The molecule has 0 spiro atoms. The Hall–Kier alpha value is -1.66.